The highest BCUT2D eigenvalue weighted by Gasteiger charge is 2.22. The van der Waals surface area contributed by atoms with Gasteiger partial charge in [0.2, 0.25) is 0 Å². The fourth-order valence-corrected chi connectivity index (χ4v) is 4.07. The molecule has 0 atom stereocenters. The third-order valence-corrected chi connectivity index (χ3v) is 5.80. The van der Waals surface area contributed by atoms with E-state index in [1.807, 2.05) is 0 Å². The lowest BCUT2D eigenvalue weighted by Crippen LogP contribution is -2.17. The number of thiocarbonyl (C=S) groups is 1. The zero-order valence-electron chi connectivity index (χ0n) is 12.4. The molecule has 0 bridgehead atoms. The van der Waals surface area contributed by atoms with Crippen LogP contribution >= 0.6 is 35.6 Å². The second-order valence-electron chi connectivity index (χ2n) is 4.91. The number of halogens is 1. The first-order valence-corrected chi connectivity index (χ1v) is 9.89. The van der Waals surface area contributed by atoms with Crippen LogP contribution in [-0.2, 0) is 14.9 Å². The maximum absolute atomic E-state index is 12.2. The van der Waals surface area contributed by atoms with Crippen molar-refractivity contribution < 1.29 is 17.4 Å². The molecule has 0 aliphatic carbocycles. The number of carbonyl (C=O) groups excluding carboxylic acids is 1. The zero-order valence-corrected chi connectivity index (χ0v) is 15.6. The number of thioether (sulfide) groups is 1. The Kier molecular flexibility index (Phi) is 5.14. The Morgan fingerprint density at radius 1 is 1.08 bits per heavy atom. The van der Waals surface area contributed by atoms with E-state index in [4.69, 9.17) is 28.0 Å². The van der Waals surface area contributed by atoms with Gasteiger partial charge in [0.1, 0.15) is 15.0 Å². The summed E-state index contributed by atoms with van der Waals surface area (Å²) in [6.07, 6.45) is 1.66. The van der Waals surface area contributed by atoms with Crippen LogP contribution in [0.25, 0.3) is 6.08 Å². The highest BCUT2D eigenvalue weighted by Crippen LogP contribution is 2.27. The fourth-order valence-electron chi connectivity index (χ4n) is 1.97. The van der Waals surface area contributed by atoms with E-state index in [0.29, 0.717) is 14.2 Å². The Morgan fingerprint density at radius 3 is 2.28 bits per heavy atom. The number of benzene rings is 2. The van der Waals surface area contributed by atoms with Crippen molar-refractivity contribution >= 4 is 62.0 Å². The molecular weight excluding hydrogens is 402 g/mol. The van der Waals surface area contributed by atoms with Crippen molar-refractivity contribution in [2.45, 2.75) is 4.90 Å². The molecule has 1 heterocycles. The Morgan fingerprint density at radius 2 is 1.72 bits per heavy atom. The quantitative estimate of drug-likeness (QED) is 0.471. The van der Waals surface area contributed by atoms with Crippen LogP contribution in [0.3, 0.4) is 0 Å². The van der Waals surface area contributed by atoms with Crippen LogP contribution in [0.5, 0.6) is 5.75 Å². The highest BCUT2D eigenvalue weighted by molar-refractivity contribution is 8.26. The summed E-state index contributed by atoms with van der Waals surface area (Å²) in [5, 5.41) is 2.96. The number of hydrogen-bond acceptors (Lipinski definition) is 6. The van der Waals surface area contributed by atoms with Crippen molar-refractivity contribution in [3.63, 3.8) is 0 Å². The Hall–Kier alpha value is -1.87. The minimum Gasteiger partial charge on any atom is -0.379 e. The van der Waals surface area contributed by atoms with Gasteiger partial charge in [-0.1, -0.05) is 47.7 Å². The normalized spacial score (nSPS) is 16.1. The second-order valence-corrected chi connectivity index (χ2v) is 8.61. The summed E-state index contributed by atoms with van der Waals surface area (Å²) >= 11 is 11.8. The summed E-state index contributed by atoms with van der Waals surface area (Å²) in [5.41, 5.74) is 0.721. The number of amides is 1. The molecule has 0 saturated carbocycles. The van der Waals surface area contributed by atoms with Gasteiger partial charge in [-0.2, -0.15) is 8.42 Å². The van der Waals surface area contributed by atoms with Gasteiger partial charge in [0.25, 0.3) is 5.91 Å². The van der Waals surface area contributed by atoms with Gasteiger partial charge < -0.3 is 9.50 Å². The van der Waals surface area contributed by atoms with Gasteiger partial charge in [-0.25, -0.2) is 0 Å². The van der Waals surface area contributed by atoms with Gasteiger partial charge in [-0.3, -0.25) is 4.79 Å². The lowest BCUT2D eigenvalue weighted by atomic mass is 10.2. The van der Waals surface area contributed by atoms with Crippen molar-refractivity contribution in [2.24, 2.45) is 0 Å². The fraction of sp³-hybridized carbons (Fsp3) is 0. The van der Waals surface area contributed by atoms with Crippen molar-refractivity contribution in [3.8, 4) is 5.75 Å². The highest BCUT2D eigenvalue weighted by atomic mass is 35.5. The van der Waals surface area contributed by atoms with Crippen molar-refractivity contribution in [1.82, 2.24) is 5.32 Å². The van der Waals surface area contributed by atoms with Crippen LogP contribution in [0.15, 0.2) is 58.3 Å². The molecule has 1 amide bonds. The minimum absolute atomic E-state index is 0.00985. The molecule has 1 N–H and O–H groups in total. The molecule has 0 unspecified atom stereocenters. The average molecular weight is 412 g/mol. The lowest BCUT2D eigenvalue weighted by Gasteiger charge is -2.07. The van der Waals surface area contributed by atoms with Gasteiger partial charge in [-0.05, 0) is 48.0 Å². The molecule has 9 heteroatoms. The van der Waals surface area contributed by atoms with Crippen LogP contribution in [0.4, 0.5) is 0 Å². The van der Waals surface area contributed by atoms with Crippen LogP contribution in [0.1, 0.15) is 5.56 Å². The predicted molar refractivity (Wildman–Crippen MR) is 102 cm³/mol. The van der Waals surface area contributed by atoms with E-state index in [-0.39, 0.29) is 16.6 Å². The van der Waals surface area contributed by atoms with Crippen molar-refractivity contribution in [2.75, 3.05) is 0 Å². The van der Waals surface area contributed by atoms with Crippen LogP contribution in [0, 0.1) is 0 Å². The maximum Gasteiger partial charge on any atom is 0.339 e. The van der Waals surface area contributed by atoms with Gasteiger partial charge in [0, 0.05) is 5.02 Å². The smallest absolute Gasteiger partial charge is 0.339 e. The van der Waals surface area contributed by atoms with E-state index < -0.39 is 10.1 Å². The average Bonchev–Trinajstić information content (AvgIpc) is 2.87. The predicted octanol–water partition coefficient (Wildman–Crippen LogP) is 3.60. The summed E-state index contributed by atoms with van der Waals surface area (Å²) in [6, 6.07) is 12.0. The summed E-state index contributed by atoms with van der Waals surface area (Å²) in [7, 11) is -3.94. The van der Waals surface area contributed by atoms with E-state index >= 15 is 0 Å². The number of carbonyl (C=O) groups is 1. The summed E-state index contributed by atoms with van der Waals surface area (Å²) in [6.45, 7) is 0. The summed E-state index contributed by atoms with van der Waals surface area (Å²) < 4.78 is 29.9. The molecule has 2 aromatic rings. The molecule has 1 fully saturated rings. The third-order valence-electron chi connectivity index (χ3n) is 3.13. The lowest BCUT2D eigenvalue weighted by molar-refractivity contribution is -0.115. The molecule has 1 saturated heterocycles. The van der Waals surface area contributed by atoms with Crippen LogP contribution in [0.2, 0.25) is 5.02 Å². The standard InChI is InChI=1S/C16H10ClNO4S3/c17-11-3-7-13(8-4-11)25(20,21)22-12-5-1-10(2-6-12)9-14-15(19)18-16(23)24-14/h1-9H,(H,18,19,23)/b14-9+. The molecular formula is C16H10ClNO4S3. The Labute approximate surface area is 159 Å². The van der Waals surface area contributed by atoms with Crippen LogP contribution in [-0.4, -0.2) is 18.6 Å². The number of nitrogens with one attached hydrogen (secondary N) is 1. The van der Waals surface area contributed by atoms with E-state index in [1.54, 1.807) is 18.2 Å². The van der Waals surface area contributed by atoms with Gasteiger partial charge >= 0.3 is 10.1 Å². The molecule has 1 aliphatic rings. The van der Waals surface area contributed by atoms with E-state index in [1.165, 1.54) is 48.2 Å². The van der Waals surface area contributed by atoms with E-state index in [0.717, 1.165) is 5.56 Å². The zero-order chi connectivity index (χ0) is 18.0. The Balaban J connectivity index is 1.77. The third kappa shape index (κ3) is 4.40. The van der Waals surface area contributed by atoms with Crippen molar-refractivity contribution in [1.29, 1.82) is 0 Å². The maximum atomic E-state index is 12.2. The first kappa shape index (κ1) is 17.9. The van der Waals surface area contributed by atoms with E-state index in [9.17, 15) is 13.2 Å². The minimum atomic E-state index is -3.94. The van der Waals surface area contributed by atoms with Gasteiger partial charge in [-0.15, -0.1) is 0 Å². The molecule has 2 aromatic carbocycles. The van der Waals surface area contributed by atoms with Gasteiger partial charge in [0.05, 0.1) is 4.91 Å². The molecule has 5 nitrogen and oxygen atoms in total. The summed E-state index contributed by atoms with van der Waals surface area (Å²) in [4.78, 5) is 12.1. The van der Waals surface area contributed by atoms with Gasteiger partial charge in [0.15, 0.2) is 0 Å². The first-order valence-electron chi connectivity index (χ1n) is 6.88. The number of hydrogen-bond donors (Lipinski definition) is 1. The molecule has 0 aromatic heterocycles. The van der Waals surface area contributed by atoms with Crippen molar-refractivity contribution in [3.05, 3.63) is 64.0 Å². The molecule has 3 rings (SSSR count). The van der Waals surface area contributed by atoms with E-state index in [2.05, 4.69) is 5.32 Å². The SMILES string of the molecule is O=C1NC(=S)S/C1=C/c1ccc(OS(=O)(=O)c2ccc(Cl)cc2)cc1. The first-order chi connectivity index (χ1) is 11.8. The monoisotopic (exact) mass is 411 g/mol. The molecule has 128 valence electrons. The largest absolute Gasteiger partial charge is 0.379 e. The molecule has 0 spiro atoms. The Bertz CT molecular complexity index is 967. The molecule has 0 radical (unpaired) electrons. The molecule has 1 aliphatic heterocycles. The topological polar surface area (TPSA) is 72.5 Å². The molecule has 25 heavy (non-hydrogen) atoms. The second kappa shape index (κ2) is 7.17. The summed E-state index contributed by atoms with van der Waals surface area (Å²) in [5.74, 6) is -0.0863. The number of rotatable bonds is 4. The van der Waals surface area contributed by atoms with Crippen LogP contribution < -0.4 is 9.50 Å².